The van der Waals surface area contributed by atoms with Gasteiger partial charge in [0.25, 0.3) is 0 Å². The maximum absolute atomic E-state index is 5.51. The standard InChI is InChI=1S/C21H24N8O/c1-2-30-18-5-3-17(4-6-18)29-21-19(26-27-29)13-23-20(25-21)11-15-12-24-28(14-15)16-7-9-22-10-8-16/h3-6,12-14,16,22H,2,7-11H2,1H3. The Hall–Kier alpha value is -3.33. The minimum absolute atomic E-state index is 0.466. The van der Waals surface area contributed by atoms with Crippen molar-refractivity contribution in [2.75, 3.05) is 19.7 Å². The number of benzene rings is 1. The van der Waals surface area contributed by atoms with Crippen LogP contribution in [-0.4, -0.2) is 54.4 Å². The molecule has 0 atom stereocenters. The van der Waals surface area contributed by atoms with Crippen molar-refractivity contribution in [1.29, 1.82) is 0 Å². The zero-order chi connectivity index (χ0) is 20.3. The molecule has 154 valence electrons. The lowest BCUT2D eigenvalue weighted by atomic mass is 10.1. The minimum Gasteiger partial charge on any atom is -0.494 e. The Balaban J connectivity index is 1.38. The molecule has 1 N–H and O–H groups in total. The summed E-state index contributed by atoms with van der Waals surface area (Å²) in [5, 5.41) is 16.4. The molecule has 1 saturated heterocycles. The van der Waals surface area contributed by atoms with E-state index >= 15 is 0 Å². The van der Waals surface area contributed by atoms with Gasteiger partial charge in [0.05, 0.1) is 30.7 Å². The predicted molar refractivity (Wildman–Crippen MR) is 112 cm³/mol. The summed E-state index contributed by atoms with van der Waals surface area (Å²) in [6, 6.07) is 8.20. The van der Waals surface area contributed by atoms with E-state index in [-0.39, 0.29) is 0 Å². The highest BCUT2D eigenvalue weighted by molar-refractivity contribution is 5.70. The number of ether oxygens (including phenoxy) is 1. The smallest absolute Gasteiger partial charge is 0.187 e. The summed E-state index contributed by atoms with van der Waals surface area (Å²) in [5.74, 6) is 1.55. The van der Waals surface area contributed by atoms with Crippen molar-refractivity contribution in [3.05, 3.63) is 54.2 Å². The quantitative estimate of drug-likeness (QED) is 0.527. The fraction of sp³-hybridized carbons (Fsp3) is 0.381. The maximum Gasteiger partial charge on any atom is 0.187 e. The van der Waals surface area contributed by atoms with E-state index in [1.165, 1.54) is 0 Å². The Morgan fingerprint density at radius 3 is 2.77 bits per heavy atom. The van der Waals surface area contributed by atoms with Crippen LogP contribution >= 0.6 is 0 Å². The van der Waals surface area contributed by atoms with Crippen LogP contribution in [0.25, 0.3) is 16.9 Å². The maximum atomic E-state index is 5.51. The van der Waals surface area contributed by atoms with E-state index in [1.54, 1.807) is 10.9 Å². The van der Waals surface area contributed by atoms with E-state index < -0.39 is 0 Å². The summed E-state index contributed by atoms with van der Waals surface area (Å²) in [5.41, 5.74) is 3.34. The summed E-state index contributed by atoms with van der Waals surface area (Å²) in [6.45, 7) is 4.69. The van der Waals surface area contributed by atoms with Crippen LogP contribution in [0, 0.1) is 0 Å². The first-order valence-electron chi connectivity index (χ1n) is 10.3. The van der Waals surface area contributed by atoms with Crippen molar-refractivity contribution in [3.8, 4) is 11.4 Å². The second-order valence-electron chi connectivity index (χ2n) is 7.41. The Labute approximate surface area is 174 Å². The molecule has 0 spiro atoms. The molecule has 9 nitrogen and oxygen atoms in total. The molecule has 0 radical (unpaired) electrons. The van der Waals surface area contributed by atoms with Gasteiger partial charge in [0.1, 0.15) is 11.6 Å². The van der Waals surface area contributed by atoms with Gasteiger partial charge in [-0.3, -0.25) is 4.68 Å². The van der Waals surface area contributed by atoms with Gasteiger partial charge in [0.2, 0.25) is 0 Å². The molecule has 0 saturated carbocycles. The highest BCUT2D eigenvalue weighted by atomic mass is 16.5. The van der Waals surface area contributed by atoms with Gasteiger partial charge in [-0.25, -0.2) is 9.97 Å². The van der Waals surface area contributed by atoms with Crippen LogP contribution in [0.3, 0.4) is 0 Å². The fourth-order valence-corrected chi connectivity index (χ4v) is 3.79. The van der Waals surface area contributed by atoms with Crippen molar-refractivity contribution in [1.82, 2.24) is 40.1 Å². The number of nitrogens with zero attached hydrogens (tertiary/aromatic N) is 7. The summed E-state index contributed by atoms with van der Waals surface area (Å²) in [7, 11) is 0. The third kappa shape index (κ3) is 3.76. The summed E-state index contributed by atoms with van der Waals surface area (Å²) in [4.78, 5) is 9.21. The van der Waals surface area contributed by atoms with Gasteiger partial charge < -0.3 is 10.1 Å². The van der Waals surface area contributed by atoms with Gasteiger partial charge in [-0.05, 0) is 62.7 Å². The van der Waals surface area contributed by atoms with Gasteiger partial charge in [-0.1, -0.05) is 5.21 Å². The monoisotopic (exact) mass is 404 g/mol. The lowest BCUT2D eigenvalue weighted by Gasteiger charge is -2.22. The highest BCUT2D eigenvalue weighted by Crippen LogP contribution is 2.20. The first-order valence-corrected chi connectivity index (χ1v) is 10.3. The van der Waals surface area contributed by atoms with Crippen LogP contribution in [0.15, 0.2) is 42.9 Å². The Morgan fingerprint density at radius 2 is 1.97 bits per heavy atom. The topological polar surface area (TPSA) is 95.6 Å². The normalized spacial score (nSPS) is 15.0. The van der Waals surface area contributed by atoms with E-state index in [2.05, 4.69) is 36.6 Å². The molecule has 1 aromatic carbocycles. The molecule has 4 aromatic rings. The van der Waals surface area contributed by atoms with Crippen LogP contribution in [0.5, 0.6) is 5.75 Å². The van der Waals surface area contributed by atoms with Gasteiger partial charge in [0, 0.05) is 12.6 Å². The molecule has 0 aliphatic carbocycles. The number of aromatic nitrogens is 7. The summed E-state index contributed by atoms with van der Waals surface area (Å²) < 4.78 is 9.33. The van der Waals surface area contributed by atoms with E-state index in [0.29, 0.717) is 30.2 Å². The number of piperidine rings is 1. The number of rotatable bonds is 6. The van der Waals surface area contributed by atoms with Crippen molar-refractivity contribution in [2.24, 2.45) is 0 Å². The average Bonchev–Trinajstić information content (AvgIpc) is 3.42. The van der Waals surface area contributed by atoms with Crippen molar-refractivity contribution in [3.63, 3.8) is 0 Å². The SMILES string of the molecule is CCOc1ccc(-n2nnc3cnc(Cc4cnn(C5CCNCC5)c4)nc32)cc1. The Bertz CT molecular complexity index is 1130. The van der Waals surface area contributed by atoms with E-state index in [9.17, 15) is 0 Å². The third-order valence-corrected chi connectivity index (χ3v) is 5.33. The van der Waals surface area contributed by atoms with Gasteiger partial charge in [-0.15, -0.1) is 5.10 Å². The minimum atomic E-state index is 0.466. The highest BCUT2D eigenvalue weighted by Gasteiger charge is 2.16. The van der Waals surface area contributed by atoms with Crippen LogP contribution in [0.1, 0.15) is 37.2 Å². The lowest BCUT2D eigenvalue weighted by Crippen LogP contribution is -2.29. The van der Waals surface area contributed by atoms with Crippen molar-refractivity contribution >= 4 is 11.2 Å². The first-order chi connectivity index (χ1) is 14.8. The van der Waals surface area contributed by atoms with E-state index in [0.717, 1.165) is 48.8 Å². The van der Waals surface area contributed by atoms with Crippen LogP contribution < -0.4 is 10.1 Å². The molecular weight excluding hydrogens is 380 g/mol. The lowest BCUT2D eigenvalue weighted by molar-refractivity contribution is 0.340. The van der Waals surface area contributed by atoms with Gasteiger partial charge in [0.15, 0.2) is 11.2 Å². The number of hydrogen-bond donors (Lipinski definition) is 1. The van der Waals surface area contributed by atoms with Gasteiger partial charge >= 0.3 is 0 Å². The van der Waals surface area contributed by atoms with Crippen molar-refractivity contribution in [2.45, 2.75) is 32.2 Å². The fourth-order valence-electron chi connectivity index (χ4n) is 3.79. The van der Waals surface area contributed by atoms with Crippen LogP contribution in [0.4, 0.5) is 0 Å². The molecule has 3 aromatic heterocycles. The molecule has 9 heteroatoms. The van der Waals surface area contributed by atoms with E-state index in [4.69, 9.17) is 9.72 Å². The average molecular weight is 404 g/mol. The van der Waals surface area contributed by atoms with Crippen LogP contribution in [0.2, 0.25) is 0 Å². The zero-order valence-electron chi connectivity index (χ0n) is 16.9. The van der Waals surface area contributed by atoms with Crippen molar-refractivity contribution < 1.29 is 4.74 Å². The second kappa shape index (κ2) is 8.19. The number of nitrogens with one attached hydrogen (secondary N) is 1. The molecule has 30 heavy (non-hydrogen) atoms. The molecule has 1 aliphatic rings. The number of fused-ring (bicyclic) bond motifs is 1. The molecule has 0 bridgehead atoms. The number of hydrogen-bond acceptors (Lipinski definition) is 7. The summed E-state index contributed by atoms with van der Waals surface area (Å²) >= 11 is 0. The van der Waals surface area contributed by atoms with Crippen LogP contribution in [-0.2, 0) is 6.42 Å². The predicted octanol–water partition coefficient (Wildman–Crippen LogP) is 2.32. The summed E-state index contributed by atoms with van der Waals surface area (Å²) in [6.07, 6.45) is 8.60. The molecule has 0 unspecified atom stereocenters. The molecule has 0 amide bonds. The van der Waals surface area contributed by atoms with Gasteiger partial charge in [-0.2, -0.15) is 9.78 Å². The molecule has 5 rings (SSSR count). The molecule has 1 aliphatic heterocycles. The second-order valence-corrected chi connectivity index (χ2v) is 7.41. The molecular formula is C21H24N8O. The Morgan fingerprint density at radius 1 is 1.13 bits per heavy atom. The molecule has 1 fully saturated rings. The van der Waals surface area contributed by atoms with E-state index in [1.807, 2.05) is 37.4 Å². The first kappa shape index (κ1) is 18.7. The third-order valence-electron chi connectivity index (χ3n) is 5.33. The largest absolute Gasteiger partial charge is 0.494 e. The zero-order valence-corrected chi connectivity index (χ0v) is 16.9. The molecule has 4 heterocycles. The Kier molecular flexibility index (Phi) is 5.10.